The van der Waals surface area contributed by atoms with E-state index in [1.54, 1.807) is 0 Å². The number of hydrogen-bond donors (Lipinski definition) is 3. The molecule has 0 saturated carbocycles. The molecule has 4 atom stereocenters. The maximum Gasteiger partial charge on any atom is 0.250 e. The van der Waals surface area contributed by atoms with Gasteiger partial charge in [-0.05, 0) is 30.2 Å². The number of nitrogens with one attached hydrogen (secondary N) is 2. The van der Waals surface area contributed by atoms with Gasteiger partial charge in [0.2, 0.25) is 23.6 Å². The molecule has 2 aromatic rings. The summed E-state index contributed by atoms with van der Waals surface area (Å²) in [6, 6.07) is 12.4. The van der Waals surface area contributed by atoms with Gasteiger partial charge in [0.15, 0.2) is 0 Å². The number of primary amides is 1. The number of rotatable bonds is 5. The summed E-state index contributed by atoms with van der Waals surface area (Å²) in [4.78, 5) is 52.9. The zero-order chi connectivity index (χ0) is 22.6. The van der Waals surface area contributed by atoms with E-state index >= 15 is 0 Å². The van der Waals surface area contributed by atoms with E-state index in [4.69, 9.17) is 5.73 Å². The highest BCUT2D eigenvalue weighted by atomic mass is 19.1. The van der Waals surface area contributed by atoms with Gasteiger partial charge in [-0.1, -0.05) is 30.3 Å². The predicted octanol–water partition coefficient (Wildman–Crippen LogP) is 0.664. The summed E-state index contributed by atoms with van der Waals surface area (Å²) in [7, 11) is 0. The van der Waals surface area contributed by atoms with Gasteiger partial charge in [-0.2, -0.15) is 0 Å². The molecule has 4 amide bonds. The second-order valence-electron chi connectivity index (χ2n) is 8.44. The number of hydrogen-bond acceptors (Lipinski definition) is 5. The Morgan fingerprint density at radius 2 is 1.84 bits per heavy atom. The van der Waals surface area contributed by atoms with E-state index in [2.05, 4.69) is 10.6 Å². The molecule has 4 unspecified atom stereocenters. The van der Waals surface area contributed by atoms with Crippen molar-refractivity contribution in [1.82, 2.24) is 10.2 Å². The summed E-state index contributed by atoms with van der Waals surface area (Å²) >= 11 is 0. The highest BCUT2D eigenvalue weighted by Crippen LogP contribution is 2.53. The second kappa shape index (κ2) is 7.23. The number of carbonyl (C=O) groups is 4. The smallest absolute Gasteiger partial charge is 0.250 e. The normalized spacial score (nSPS) is 28.2. The Kier molecular flexibility index (Phi) is 4.59. The number of benzene rings is 2. The van der Waals surface area contributed by atoms with Crippen molar-refractivity contribution in [1.29, 1.82) is 0 Å². The van der Waals surface area contributed by atoms with Crippen LogP contribution >= 0.6 is 0 Å². The third-order valence-electron chi connectivity index (χ3n) is 6.66. The van der Waals surface area contributed by atoms with Crippen LogP contribution in [0.2, 0.25) is 0 Å². The van der Waals surface area contributed by atoms with Gasteiger partial charge in [0.25, 0.3) is 0 Å². The number of imide groups is 1. The molecule has 1 spiro atoms. The van der Waals surface area contributed by atoms with Gasteiger partial charge < -0.3 is 11.1 Å². The van der Waals surface area contributed by atoms with Crippen molar-refractivity contribution >= 4 is 29.3 Å². The molecule has 0 aliphatic carbocycles. The molecule has 5 rings (SSSR count). The van der Waals surface area contributed by atoms with Crippen molar-refractivity contribution < 1.29 is 23.6 Å². The van der Waals surface area contributed by atoms with Gasteiger partial charge in [0, 0.05) is 30.3 Å². The minimum Gasteiger partial charge on any atom is -0.370 e. The van der Waals surface area contributed by atoms with Crippen molar-refractivity contribution in [3.63, 3.8) is 0 Å². The molecule has 0 aromatic heterocycles. The number of amides is 4. The van der Waals surface area contributed by atoms with E-state index < -0.39 is 52.9 Å². The first-order valence-electron chi connectivity index (χ1n) is 10.4. The topological polar surface area (TPSA) is 122 Å². The molecule has 9 heteroatoms. The largest absolute Gasteiger partial charge is 0.370 e. The lowest BCUT2D eigenvalue weighted by Gasteiger charge is -2.29. The SMILES string of the molecule is NC(=O)CC1NC2(C(=O)Nc3ccc(F)cc32)C2C(=O)N(CCc3ccccc3)C(=O)C12. The summed E-state index contributed by atoms with van der Waals surface area (Å²) in [5.41, 5.74) is 5.34. The predicted molar refractivity (Wildman–Crippen MR) is 111 cm³/mol. The van der Waals surface area contributed by atoms with Gasteiger partial charge in [-0.25, -0.2) is 4.39 Å². The van der Waals surface area contributed by atoms with E-state index in [1.807, 2.05) is 30.3 Å². The minimum absolute atomic E-state index is 0.145. The Balaban J connectivity index is 1.55. The molecule has 164 valence electrons. The van der Waals surface area contributed by atoms with Gasteiger partial charge in [0.1, 0.15) is 11.4 Å². The van der Waals surface area contributed by atoms with Gasteiger partial charge in [-0.3, -0.25) is 29.4 Å². The maximum absolute atomic E-state index is 14.1. The number of likely N-dealkylation sites (tertiary alicyclic amines) is 1. The summed E-state index contributed by atoms with van der Waals surface area (Å²) in [6.45, 7) is 0.145. The maximum atomic E-state index is 14.1. The molecule has 8 nitrogen and oxygen atoms in total. The lowest BCUT2D eigenvalue weighted by Crippen LogP contribution is -2.53. The number of nitrogens with two attached hydrogens (primary N) is 1. The van der Waals surface area contributed by atoms with Crippen molar-refractivity contribution in [2.45, 2.75) is 24.4 Å². The summed E-state index contributed by atoms with van der Waals surface area (Å²) < 4.78 is 14.1. The quantitative estimate of drug-likeness (QED) is 0.595. The molecule has 2 saturated heterocycles. The first kappa shape index (κ1) is 20.3. The van der Waals surface area contributed by atoms with E-state index in [0.717, 1.165) is 10.5 Å². The monoisotopic (exact) mass is 436 g/mol. The van der Waals surface area contributed by atoms with Crippen molar-refractivity contribution in [3.8, 4) is 0 Å². The van der Waals surface area contributed by atoms with E-state index in [9.17, 15) is 23.6 Å². The first-order chi connectivity index (χ1) is 15.3. The third kappa shape index (κ3) is 2.85. The lowest BCUT2D eigenvalue weighted by atomic mass is 9.76. The van der Waals surface area contributed by atoms with Crippen molar-refractivity contribution in [3.05, 3.63) is 65.5 Å². The standard InChI is InChI=1S/C23H21FN4O4/c24-13-6-7-15-14(10-13)23(22(32)26-15)19-18(16(27-23)11-17(25)29)20(30)28(21(19)31)9-8-12-4-2-1-3-5-12/h1-7,10,16,18-19,27H,8-9,11H2,(H2,25,29)(H,26,32). The first-order valence-corrected chi connectivity index (χ1v) is 10.4. The van der Waals surface area contributed by atoms with Crippen LogP contribution in [0.15, 0.2) is 48.5 Å². The molecule has 2 fully saturated rings. The Labute approximate surface area is 182 Å². The lowest BCUT2D eigenvalue weighted by molar-refractivity contribution is -0.142. The third-order valence-corrected chi connectivity index (χ3v) is 6.66. The Morgan fingerprint density at radius 3 is 2.56 bits per heavy atom. The van der Waals surface area contributed by atoms with Crippen LogP contribution in [0, 0.1) is 17.7 Å². The van der Waals surface area contributed by atoms with Crippen LogP contribution in [0.4, 0.5) is 10.1 Å². The Hall–Kier alpha value is -3.59. The molecular weight excluding hydrogens is 415 g/mol. The van der Waals surface area contributed by atoms with Crippen LogP contribution in [0.5, 0.6) is 0 Å². The molecular formula is C23H21FN4O4. The van der Waals surface area contributed by atoms with Gasteiger partial charge >= 0.3 is 0 Å². The van der Waals surface area contributed by atoms with Crippen LogP contribution in [-0.2, 0) is 31.1 Å². The van der Waals surface area contributed by atoms with E-state index in [-0.39, 0.29) is 18.5 Å². The number of anilines is 1. The van der Waals surface area contributed by atoms with Crippen LogP contribution in [0.25, 0.3) is 0 Å². The number of halogens is 1. The number of carbonyl (C=O) groups excluding carboxylic acids is 4. The molecule has 32 heavy (non-hydrogen) atoms. The average molecular weight is 436 g/mol. The summed E-state index contributed by atoms with van der Waals surface area (Å²) in [5.74, 6) is -4.81. The van der Waals surface area contributed by atoms with Crippen molar-refractivity contribution in [2.24, 2.45) is 17.6 Å². The van der Waals surface area contributed by atoms with Gasteiger partial charge in [-0.15, -0.1) is 0 Å². The van der Waals surface area contributed by atoms with Crippen LogP contribution in [0.3, 0.4) is 0 Å². The number of nitrogens with zero attached hydrogens (tertiary/aromatic N) is 1. The van der Waals surface area contributed by atoms with Gasteiger partial charge in [0.05, 0.1) is 11.8 Å². The van der Waals surface area contributed by atoms with E-state index in [0.29, 0.717) is 12.1 Å². The Morgan fingerprint density at radius 1 is 1.09 bits per heavy atom. The molecule has 3 aliphatic heterocycles. The van der Waals surface area contributed by atoms with E-state index in [1.165, 1.54) is 18.2 Å². The zero-order valence-corrected chi connectivity index (χ0v) is 17.0. The highest BCUT2D eigenvalue weighted by Gasteiger charge is 2.70. The Bertz CT molecular complexity index is 1150. The molecule has 2 aromatic carbocycles. The summed E-state index contributed by atoms with van der Waals surface area (Å²) in [5, 5.41) is 5.73. The molecule has 3 heterocycles. The van der Waals surface area contributed by atoms with Crippen molar-refractivity contribution in [2.75, 3.05) is 11.9 Å². The van der Waals surface area contributed by atoms with Crippen LogP contribution in [-0.4, -0.2) is 41.1 Å². The molecule has 0 radical (unpaired) electrons. The zero-order valence-electron chi connectivity index (χ0n) is 17.0. The second-order valence-corrected chi connectivity index (χ2v) is 8.44. The molecule has 4 N–H and O–H groups in total. The minimum atomic E-state index is -1.64. The molecule has 3 aliphatic rings. The fraction of sp³-hybridized carbons (Fsp3) is 0.304. The average Bonchev–Trinajstić information content (AvgIpc) is 3.32. The number of fused-ring (bicyclic) bond motifs is 4. The fourth-order valence-electron chi connectivity index (χ4n) is 5.33. The summed E-state index contributed by atoms with van der Waals surface area (Å²) in [6.07, 6.45) is 0.225. The van der Waals surface area contributed by atoms with Crippen LogP contribution in [0.1, 0.15) is 17.5 Å². The fourth-order valence-corrected chi connectivity index (χ4v) is 5.33. The van der Waals surface area contributed by atoms with Crippen LogP contribution < -0.4 is 16.4 Å². The molecule has 0 bridgehead atoms. The highest BCUT2D eigenvalue weighted by molar-refractivity contribution is 6.15.